The number of hydrogen-bond donors (Lipinski definition) is 1. The zero-order valence-electron chi connectivity index (χ0n) is 14.1. The molecule has 0 aliphatic rings. The van der Waals surface area contributed by atoms with Gasteiger partial charge in [0, 0.05) is 0 Å². The summed E-state index contributed by atoms with van der Waals surface area (Å²) >= 11 is 0. The van der Waals surface area contributed by atoms with E-state index in [0.717, 1.165) is 36.4 Å². The van der Waals surface area contributed by atoms with Crippen molar-refractivity contribution in [1.29, 1.82) is 0 Å². The van der Waals surface area contributed by atoms with Crippen LogP contribution in [0.4, 0.5) is 5.69 Å². The van der Waals surface area contributed by atoms with Gasteiger partial charge in [0.1, 0.15) is 5.75 Å². The van der Waals surface area contributed by atoms with Crippen LogP contribution in [0.5, 0.6) is 5.75 Å². The van der Waals surface area contributed by atoms with Gasteiger partial charge in [-0.1, -0.05) is 48.5 Å². The highest BCUT2D eigenvalue weighted by atomic mass is 16.5. The van der Waals surface area contributed by atoms with E-state index in [1.165, 1.54) is 5.56 Å². The quantitative estimate of drug-likeness (QED) is 0.352. The molecule has 0 aliphatic heterocycles. The van der Waals surface area contributed by atoms with Gasteiger partial charge in [0.15, 0.2) is 0 Å². The van der Waals surface area contributed by atoms with Crippen molar-refractivity contribution in [3.05, 3.63) is 96.1 Å². The number of ether oxygens (including phenoxy) is 1. The summed E-state index contributed by atoms with van der Waals surface area (Å²) in [7, 11) is 0. The minimum Gasteiger partial charge on any atom is -0.494 e. The van der Waals surface area contributed by atoms with Gasteiger partial charge in [0.2, 0.25) is 0 Å². The van der Waals surface area contributed by atoms with E-state index in [4.69, 9.17) is 4.74 Å². The lowest BCUT2D eigenvalue weighted by atomic mass is 10.1. The van der Waals surface area contributed by atoms with Crippen molar-refractivity contribution >= 4 is 11.9 Å². The van der Waals surface area contributed by atoms with E-state index in [1.54, 1.807) is 6.21 Å². The highest BCUT2D eigenvalue weighted by Crippen LogP contribution is 2.12. The molecular weight excluding hydrogens is 308 g/mol. The lowest BCUT2D eigenvalue weighted by Crippen LogP contribution is -1.99. The maximum absolute atomic E-state index is 5.80. The third-order valence-electron chi connectivity index (χ3n) is 3.78. The van der Waals surface area contributed by atoms with E-state index in [9.17, 15) is 0 Å². The van der Waals surface area contributed by atoms with Crippen LogP contribution in [0, 0.1) is 0 Å². The molecule has 3 aromatic carbocycles. The number of aryl methyl sites for hydroxylation is 1. The van der Waals surface area contributed by atoms with E-state index in [2.05, 4.69) is 34.8 Å². The number of anilines is 1. The summed E-state index contributed by atoms with van der Waals surface area (Å²) in [6, 6.07) is 28.3. The second-order valence-corrected chi connectivity index (χ2v) is 5.74. The largest absolute Gasteiger partial charge is 0.494 e. The topological polar surface area (TPSA) is 33.6 Å². The van der Waals surface area contributed by atoms with Crippen molar-refractivity contribution in [3.63, 3.8) is 0 Å². The first-order valence-corrected chi connectivity index (χ1v) is 8.51. The van der Waals surface area contributed by atoms with Crippen molar-refractivity contribution in [1.82, 2.24) is 0 Å². The van der Waals surface area contributed by atoms with Crippen LogP contribution in [0.3, 0.4) is 0 Å². The molecule has 126 valence electrons. The third kappa shape index (κ3) is 5.81. The summed E-state index contributed by atoms with van der Waals surface area (Å²) in [5.74, 6) is 0.890. The Kier molecular flexibility index (Phi) is 6.23. The summed E-state index contributed by atoms with van der Waals surface area (Å²) in [5.41, 5.74) is 6.35. The number of nitrogens with one attached hydrogen (secondary N) is 1. The number of hydrazone groups is 1. The van der Waals surface area contributed by atoms with Crippen LogP contribution < -0.4 is 10.2 Å². The zero-order valence-corrected chi connectivity index (χ0v) is 14.1. The molecule has 0 saturated heterocycles. The van der Waals surface area contributed by atoms with Crippen molar-refractivity contribution < 1.29 is 4.74 Å². The van der Waals surface area contributed by atoms with Gasteiger partial charge < -0.3 is 4.74 Å². The molecule has 3 aromatic rings. The molecule has 1 N–H and O–H groups in total. The summed E-state index contributed by atoms with van der Waals surface area (Å²) in [6.07, 6.45) is 3.84. The molecule has 0 saturated carbocycles. The Morgan fingerprint density at radius 1 is 0.800 bits per heavy atom. The van der Waals surface area contributed by atoms with Gasteiger partial charge in [0.25, 0.3) is 0 Å². The van der Waals surface area contributed by atoms with Gasteiger partial charge in [-0.25, -0.2) is 0 Å². The number of nitrogens with zero attached hydrogens (tertiary/aromatic N) is 1. The molecule has 3 nitrogen and oxygen atoms in total. The Balaban J connectivity index is 1.41. The Morgan fingerprint density at radius 3 is 2.20 bits per heavy atom. The van der Waals surface area contributed by atoms with E-state index in [0.29, 0.717) is 0 Å². The Labute approximate surface area is 149 Å². The van der Waals surface area contributed by atoms with Gasteiger partial charge in [-0.2, -0.15) is 5.10 Å². The van der Waals surface area contributed by atoms with Crippen LogP contribution >= 0.6 is 0 Å². The van der Waals surface area contributed by atoms with E-state index < -0.39 is 0 Å². The standard InChI is InChI=1S/C22H22N2O/c1-3-8-19(9-4-1)10-7-17-25-22-15-13-20(14-16-22)18-23-24-21-11-5-2-6-12-21/h1-6,8-9,11-16,18,24H,7,10,17H2/b23-18+. The number of hydrogen-bond acceptors (Lipinski definition) is 3. The van der Waals surface area contributed by atoms with Gasteiger partial charge in [-0.05, 0) is 60.4 Å². The molecule has 3 heteroatoms. The number of benzene rings is 3. The maximum atomic E-state index is 5.80. The van der Waals surface area contributed by atoms with Crippen LogP contribution in [-0.4, -0.2) is 12.8 Å². The molecule has 25 heavy (non-hydrogen) atoms. The second kappa shape index (κ2) is 9.28. The predicted octanol–water partition coefficient (Wildman–Crippen LogP) is 5.14. The van der Waals surface area contributed by atoms with Crippen LogP contribution in [0.1, 0.15) is 17.5 Å². The molecular formula is C22H22N2O. The van der Waals surface area contributed by atoms with Crippen molar-refractivity contribution in [2.45, 2.75) is 12.8 Å². The minimum atomic E-state index is 0.720. The second-order valence-electron chi connectivity index (χ2n) is 5.74. The lowest BCUT2D eigenvalue weighted by Gasteiger charge is -2.06. The minimum absolute atomic E-state index is 0.720. The molecule has 0 heterocycles. The average Bonchev–Trinajstić information content (AvgIpc) is 2.68. The van der Waals surface area contributed by atoms with Crippen LogP contribution in [0.25, 0.3) is 0 Å². The van der Waals surface area contributed by atoms with Crippen LogP contribution in [-0.2, 0) is 6.42 Å². The molecule has 3 rings (SSSR count). The van der Waals surface area contributed by atoms with Gasteiger partial charge in [-0.15, -0.1) is 0 Å². The SMILES string of the molecule is C(=N\Nc1ccccc1)/c1ccc(OCCCc2ccccc2)cc1. The summed E-state index contributed by atoms with van der Waals surface area (Å²) in [4.78, 5) is 0. The van der Waals surface area contributed by atoms with Crippen LogP contribution in [0.15, 0.2) is 90.0 Å². The molecule has 0 spiro atoms. The molecule has 0 aromatic heterocycles. The predicted molar refractivity (Wildman–Crippen MR) is 104 cm³/mol. The van der Waals surface area contributed by atoms with Crippen molar-refractivity contribution in [3.8, 4) is 5.75 Å². The fourth-order valence-corrected chi connectivity index (χ4v) is 2.46. The first kappa shape index (κ1) is 16.8. The average molecular weight is 330 g/mol. The Hall–Kier alpha value is -3.07. The van der Waals surface area contributed by atoms with Crippen molar-refractivity contribution in [2.75, 3.05) is 12.0 Å². The molecule has 0 amide bonds. The Morgan fingerprint density at radius 2 is 1.48 bits per heavy atom. The smallest absolute Gasteiger partial charge is 0.119 e. The van der Waals surface area contributed by atoms with Crippen molar-refractivity contribution in [2.24, 2.45) is 5.10 Å². The lowest BCUT2D eigenvalue weighted by molar-refractivity contribution is 0.311. The molecule has 0 fully saturated rings. The van der Waals surface area contributed by atoms with E-state index in [1.807, 2.05) is 60.7 Å². The molecule has 0 aliphatic carbocycles. The van der Waals surface area contributed by atoms with Gasteiger partial charge >= 0.3 is 0 Å². The summed E-state index contributed by atoms with van der Waals surface area (Å²) < 4.78 is 5.80. The Bertz CT molecular complexity index is 768. The maximum Gasteiger partial charge on any atom is 0.119 e. The van der Waals surface area contributed by atoms with E-state index in [-0.39, 0.29) is 0 Å². The van der Waals surface area contributed by atoms with Gasteiger partial charge in [-0.3, -0.25) is 5.43 Å². The monoisotopic (exact) mass is 330 g/mol. The fourth-order valence-electron chi connectivity index (χ4n) is 2.46. The first-order valence-electron chi connectivity index (χ1n) is 8.51. The third-order valence-corrected chi connectivity index (χ3v) is 3.78. The molecule has 0 unspecified atom stereocenters. The molecule has 0 radical (unpaired) electrons. The normalized spacial score (nSPS) is 10.7. The van der Waals surface area contributed by atoms with Crippen LogP contribution in [0.2, 0.25) is 0 Å². The summed E-state index contributed by atoms with van der Waals surface area (Å²) in [6.45, 7) is 0.720. The molecule has 0 bridgehead atoms. The highest BCUT2D eigenvalue weighted by Gasteiger charge is 1.96. The number of rotatable bonds is 8. The number of para-hydroxylation sites is 1. The van der Waals surface area contributed by atoms with Gasteiger partial charge in [0.05, 0.1) is 18.5 Å². The molecule has 0 atom stereocenters. The highest BCUT2D eigenvalue weighted by molar-refractivity contribution is 5.80. The fraction of sp³-hybridized carbons (Fsp3) is 0.136. The first-order chi connectivity index (χ1) is 12.4. The summed E-state index contributed by atoms with van der Waals surface area (Å²) in [5, 5.41) is 4.23. The van der Waals surface area contributed by atoms with E-state index >= 15 is 0 Å². The zero-order chi connectivity index (χ0) is 17.2.